The van der Waals surface area contributed by atoms with Gasteiger partial charge in [0.05, 0.1) is 24.1 Å². The molecule has 3 N–H and O–H groups in total. The number of hydrazone groups is 1. The summed E-state index contributed by atoms with van der Waals surface area (Å²) in [6, 6.07) is 20.2. The fourth-order valence-corrected chi connectivity index (χ4v) is 5.20. The lowest BCUT2D eigenvalue weighted by Crippen LogP contribution is -2.33. The molecular weight excluding hydrogens is 536 g/mol. The molecule has 0 aliphatic carbocycles. The highest BCUT2D eigenvalue weighted by atomic mass is 32.2. The van der Waals surface area contributed by atoms with E-state index in [9.17, 15) is 9.59 Å². The second kappa shape index (κ2) is 16.0. The van der Waals surface area contributed by atoms with Gasteiger partial charge < -0.3 is 15.2 Å². The number of rotatable bonds is 13. The third-order valence-electron chi connectivity index (χ3n) is 6.76. The first-order valence-electron chi connectivity index (χ1n) is 14.0. The monoisotopic (exact) mass is 574 g/mol. The average molecular weight is 575 g/mol. The van der Waals surface area contributed by atoms with Crippen LogP contribution in [0.2, 0.25) is 0 Å². The van der Waals surface area contributed by atoms with Gasteiger partial charge >= 0.3 is 0 Å². The lowest BCUT2D eigenvalue weighted by molar-refractivity contribution is 0.0955. The lowest BCUT2D eigenvalue weighted by atomic mass is 10.1. The fourth-order valence-electron chi connectivity index (χ4n) is 4.52. The van der Waals surface area contributed by atoms with Crippen molar-refractivity contribution in [3.63, 3.8) is 0 Å². The predicted octanol–water partition coefficient (Wildman–Crippen LogP) is 5.10. The van der Waals surface area contributed by atoms with Crippen molar-refractivity contribution in [2.75, 3.05) is 43.9 Å². The molecular formula is C32H38N4O4S. The van der Waals surface area contributed by atoms with Crippen molar-refractivity contribution in [3.8, 4) is 5.75 Å². The first kappa shape index (κ1) is 30.3. The van der Waals surface area contributed by atoms with Gasteiger partial charge in [0.25, 0.3) is 11.8 Å². The minimum Gasteiger partial charge on any atom is -0.492 e. The molecule has 0 spiro atoms. The van der Waals surface area contributed by atoms with Crippen molar-refractivity contribution >= 4 is 35.5 Å². The third kappa shape index (κ3) is 9.74. The van der Waals surface area contributed by atoms with Crippen LogP contribution in [0.5, 0.6) is 5.75 Å². The molecule has 216 valence electrons. The van der Waals surface area contributed by atoms with Crippen LogP contribution in [-0.2, 0) is 5.75 Å². The molecule has 1 aliphatic heterocycles. The van der Waals surface area contributed by atoms with Crippen molar-refractivity contribution in [2.45, 2.75) is 31.9 Å². The van der Waals surface area contributed by atoms with Gasteiger partial charge in [0, 0.05) is 23.6 Å². The zero-order chi connectivity index (χ0) is 28.9. The maximum atomic E-state index is 13.2. The molecule has 1 fully saturated rings. The SMILES string of the molecule is Cc1ccc(C=NNC(=O)c2cc(OCCN3CCCCC3)ccc2NC(=O)c2cccc(CSCCO)c2)cc1. The molecule has 4 rings (SSSR count). The number of anilines is 1. The Kier molecular flexibility index (Phi) is 11.8. The van der Waals surface area contributed by atoms with Crippen LogP contribution in [0, 0.1) is 6.92 Å². The Balaban J connectivity index is 1.47. The summed E-state index contributed by atoms with van der Waals surface area (Å²) in [5.41, 5.74) is 6.66. The topological polar surface area (TPSA) is 103 Å². The second-order valence-electron chi connectivity index (χ2n) is 10.00. The van der Waals surface area contributed by atoms with E-state index in [1.807, 2.05) is 49.4 Å². The van der Waals surface area contributed by atoms with Crippen LogP contribution in [-0.4, -0.2) is 66.6 Å². The standard InChI is InChI=1S/C32H38N4O4S/c1-24-8-10-25(11-9-24)22-33-35-32(39)29-21-28(40-18-16-36-14-3-2-4-15-36)12-13-30(29)34-31(38)27-7-5-6-26(20-27)23-41-19-17-37/h5-13,20-22,37H,2-4,14-19,23H2,1H3,(H,34,38)(H,35,39). The number of aryl methyl sites for hydroxylation is 1. The molecule has 0 atom stereocenters. The average Bonchev–Trinajstić information content (AvgIpc) is 2.99. The highest BCUT2D eigenvalue weighted by Gasteiger charge is 2.17. The number of amides is 2. The Bertz CT molecular complexity index is 1320. The maximum absolute atomic E-state index is 13.2. The molecule has 3 aromatic rings. The second-order valence-corrected chi connectivity index (χ2v) is 11.1. The number of ether oxygens (including phenoxy) is 1. The Labute approximate surface area is 246 Å². The summed E-state index contributed by atoms with van der Waals surface area (Å²) < 4.78 is 6.00. The Hall–Kier alpha value is -3.66. The van der Waals surface area contributed by atoms with Gasteiger partial charge in [0.15, 0.2) is 0 Å². The summed E-state index contributed by atoms with van der Waals surface area (Å²) in [5.74, 6) is 1.09. The lowest BCUT2D eigenvalue weighted by Gasteiger charge is -2.26. The van der Waals surface area contributed by atoms with Crippen LogP contribution in [0.3, 0.4) is 0 Å². The third-order valence-corrected chi connectivity index (χ3v) is 7.77. The number of carbonyl (C=O) groups is 2. The summed E-state index contributed by atoms with van der Waals surface area (Å²) in [7, 11) is 0. The molecule has 8 nitrogen and oxygen atoms in total. The summed E-state index contributed by atoms with van der Waals surface area (Å²) in [4.78, 5) is 28.8. The van der Waals surface area contributed by atoms with E-state index in [0.717, 1.165) is 36.3 Å². The Morgan fingerprint density at radius 1 is 1.02 bits per heavy atom. The largest absolute Gasteiger partial charge is 0.492 e. The van der Waals surface area contributed by atoms with Gasteiger partial charge in [-0.2, -0.15) is 16.9 Å². The number of carbonyl (C=O) groups excluding carboxylic acids is 2. The van der Waals surface area contributed by atoms with Crippen molar-refractivity contribution < 1.29 is 19.4 Å². The first-order chi connectivity index (χ1) is 20.0. The van der Waals surface area contributed by atoms with Crippen LogP contribution in [0.1, 0.15) is 56.7 Å². The highest BCUT2D eigenvalue weighted by molar-refractivity contribution is 7.98. The number of piperidine rings is 1. The summed E-state index contributed by atoms with van der Waals surface area (Å²) >= 11 is 1.60. The van der Waals surface area contributed by atoms with Crippen LogP contribution >= 0.6 is 11.8 Å². The zero-order valence-electron chi connectivity index (χ0n) is 23.5. The smallest absolute Gasteiger partial charge is 0.273 e. The highest BCUT2D eigenvalue weighted by Crippen LogP contribution is 2.24. The van der Waals surface area contributed by atoms with Crippen molar-refractivity contribution in [1.82, 2.24) is 10.3 Å². The Morgan fingerprint density at radius 3 is 2.61 bits per heavy atom. The van der Waals surface area contributed by atoms with Crippen molar-refractivity contribution in [1.29, 1.82) is 0 Å². The van der Waals surface area contributed by atoms with Crippen LogP contribution < -0.4 is 15.5 Å². The number of aliphatic hydroxyl groups is 1. The summed E-state index contributed by atoms with van der Waals surface area (Å²) in [6.45, 7) is 5.63. The molecule has 0 aromatic heterocycles. The van der Waals surface area contributed by atoms with Crippen LogP contribution in [0.4, 0.5) is 5.69 Å². The van der Waals surface area contributed by atoms with Gasteiger partial charge in [-0.1, -0.05) is 48.4 Å². The number of nitrogens with zero attached hydrogens (tertiary/aromatic N) is 2. The number of benzene rings is 3. The molecule has 2 amide bonds. The molecule has 0 saturated carbocycles. The van der Waals surface area contributed by atoms with Crippen LogP contribution in [0.15, 0.2) is 71.8 Å². The molecule has 9 heteroatoms. The minimum atomic E-state index is -0.459. The van der Waals surface area contributed by atoms with Gasteiger partial charge in [0.1, 0.15) is 12.4 Å². The molecule has 1 saturated heterocycles. The van der Waals surface area contributed by atoms with Crippen LogP contribution in [0.25, 0.3) is 0 Å². The van der Waals surface area contributed by atoms with Crippen molar-refractivity contribution in [3.05, 3.63) is 94.5 Å². The van der Waals surface area contributed by atoms with Gasteiger partial charge in [0.2, 0.25) is 0 Å². The molecule has 3 aromatic carbocycles. The van der Waals surface area contributed by atoms with E-state index in [0.29, 0.717) is 35.1 Å². The van der Waals surface area contributed by atoms with E-state index >= 15 is 0 Å². The number of hydrogen-bond acceptors (Lipinski definition) is 7. The predicted molar refractivity (Wildman–Crippen MR) is 166 cm³/mol. The number of nitrogens with one attached hydrogen (secondary N) is 2. The molecule has 41 heavy (non-hydrogen) atoms. The van der Waals surface area contributed by atoms with E-state index in [1.54, 1.807) is 42.2 Å². The number of thioether (sulfide) groups is 1. The summed E-state index contributed by atoms with van der Waals surface area (Å²) in [6.07, 6.45) is 5.29. The molecule has 1 heterocycles. The van der Waals surface area contributed by atoms with Crippen molar-refractivity contribution in [2.24, 2.45) is 5.10 Å². The summed E-state index contributed by atoms with van der Waals surface area (Å²) in [5, 5.41) is 16.0. The fraction of sp³-hybridized carbons (Fsp3) is 0.344. The quantitative estimate of drug-likeness (QED) is 0.149. The van der Waals surface area contributed by atoms with Gasteiger partial charge in [-0.15, -0.1) is 0 Å². The van der Waals surface area contributed by atoms with E-state index < -0.39 is 5.91 Å². The maximum Gasteiger partial charge on any atom is 0.273 e. The minimum absolute atomic E-state index is 0.114. The van der Waals surface area contributed by atoms with E-state index in [-0.39, 0.29) is 18.1 Å². The zero-order valence-corrected chi connectivity index (χ0v) is 24.3. The normalized spacial score (nSPS) is 13.7. The first-order valence-corrected chi connectivity index (χ1v) is 15.2. The molecule has 0 radical (unpaired) electrons. The number of aliphatic hydroxyl groups excluding tert-OH is 1. The van der Waals surface area contributed by atoms with E-state index in [1.165, 1.54) is 19.3 Å². The number of likely N-dealkylation sites (tertiary alicyclic amines) is 1. The molecule has 1 aliphatic rings. The van der Waals surface area contributed by atoms with E-state index in [4.69, 9.17) is 9.84 Å². The van der Waals surface area contributed by atoms with Gasteiger partial charge in [-0.05, 0) is 74.3 Å². The number of hydrogen-bond donors (Lipinski definition) is 3. The Morgan fingerprint density at radius 2 is 1.83 bits per heavy atom. The van der Waals surface area contributed by atoms with E-state index in [2.05, 4.69) is 20.7 Å². The molecule has 0 bridgehead atoms. The molecule has 0 unspecified atom stereocenters. The van der Waals surface area contributed by atoms with Gasteiger partial charge in [-0.25, -0.2) is 5.43 Å². The van der Waals surface area contributed by atoms with Gasteiger partial charge in [-0.3, -0.25) is 14.5 Å².